The van der Waals surface area contributed by atoms with Crippen LogP contribution >= 0.6 is 0 Å². The summed E-state index contributed by atoms with van der Waals surface area (Å²) < 4.78 is 39.7. The van der Waals surface area contributed by atoms with Crippen LogP contribution in [0.1, 0.15) is 31.2 Å². The highest BCUT2D eigenvalue weighted by Crippen LogP contribution is 2.41. The van der Waals surface area contributed by atoms with Crippen LogP contribution in [0.4, 0.5) is 73.9 Å². The molecule has 0 saturated carbocycles. The zero-order valence-electron chi connectivity index (χ0n) is 85.4. The number of nitrogens with zero attached hydrogens (tertiary/aromatic N) is 20. The highest BCUT2D eigenvalue weighted by Gasteiger charge is 2.46. The molecule has 0 aliphatic carbocycles. The van der Waals surface area contributed by atoms with Gasteiger partial charge in [0.25, 0.3) is 33.6 Å². The summed E-state index contributed by atoms with van der Waals surface area (Å²) in [5, 5.41) is 10.8. The molecule has 15 aromatic rings. The zero-order valence-corrected chi connectivity index (χ0v) is 85.4. The lowest BCUT2D eigenvalue weighted by atomic mass is 9.33. The Hall–Kier alpha value is -16.4. The van der Waals surface area contributed by atoms with E-state index in [1.54, 1.807) is 12.7 Å². The predicted molar refractivity (Wildman–Crippen MR) is 605 cm³/mol. The first-order valence-electron chi connectivity index (χ1n) is 50.3. The van der Waals surface area contributed by atoms with Gasteiger partial charge in [-0.2, -0.15) is 5.26 Å². The molecule has 0 bridgehead atoms. The van der Waals surface area contributed by atoms with Crippen molar-refractivity contribution in [2.24, 2.45) is 0 Å². The van der Waals surface area contributed by atoms with Gasteiger partial charge in [0.1, 0.15) is 105 Å². The number of ether oxygens (including phenoxy) is 6. The van der Waals surface area contributed by atoms with E-state index in [2.05, 4.69) is 244 Å². The van der Waals surface area contributed by atoms with E-state index in [1.807, 2.05) is 169 Å². The topological polar surface area (TPSA) is 200 Å². The van der Waals surface area contributed by atoms with Crippen molar-refractivity contribution in [1.82, 2.24) is 29.9 Å². The number of anilines is 12. The first-order chi connectivity index (χ1) is 70.8. The van der Waals surface area contributed by atoms with E-state index in [9.17, 15) is 5.26 Å². The molecule has 4 saturated heterocycles. The molecular weight excluding hydrogens is 1810 g/mol. The Bertz CT molecular complexity index is 7010. The number of rotatable bonds is 18. The van der Waals surface area contributed by atoms with Gasteiger partial charge in [-0.1, -0.05) is 95.9 Å². The number of hydrogen-bond donors (Lipinski definition) is 0. The minimum Gasteiger partial charge on any atom is -0.458 e. The molecule has 146 heavy (non-hydrogen) atoms. The fraction of sp³-hybridized carbons (Fsp3) is 0.246. The predicted octanol–water partition coefficient (Wildman–Crippen LogP) is 6.95. The second-order valence-electron chi connectivity index (χ2n) is 41.0. The Morgan fingerprint density at radius 2 is 0.438 bits per heavy atom. The van der Waals surface area contributed by atoms with Gasteiger partial charge in [0, 0.05) is 312 Å². The van der Waals surface area contributed by atoms with Crippen LogP contribution in [0, 0.1) is 17.9 Å². The van der Waals surface area contributed by atoms with Crippen molar-refractivity contribution in [2.75, 3.05) is 224 Å². The van der Waals surface area contributed by atoms with Gasteiger partial charge in [-0.25, -0.2) is 34.7 Å². The number of fused-ring (bicyclic) bond motifs is 12. The summed E-state index contributed by atoms with van der Waals surface area (Å²) in [6.07, 6.45) is 8.27. The minimum atomic E-state index is -0.315. The van der Waals surface area contributed by atoms with Crippen LogP contribution in [0.15, 0.2) is 243 Å². The molecule has 10 aliphatic heterocycles. The van der Waals surface area contributed by atoms with Crippen molar-refractivity contribution in [1.29, 1.82) is 5.26 Å². The quantitative estimate of drug-likeness (QED) is 0.0631. The molecule has 0 N–H and O–H groups in total. The van der Waals surface area contributed by atoms with Crippen molar-refractivity contribution in [3.05, 3.63) is 260 Å². The van der Waals surface area contributed by atoms with Gasteiger partial charge in [0.2, 0.25) is 6.71 Å². The van der Waals surface area contributed by atoms with E-state index in [0.717, 1.165) is 255 Å². The zero-order chi connectivity index (χ0) is 100. The number of nitriles is 1. The molecule has 0 radical (unpaired) electrons. The summed E-state index contributed by atoms with van der Waals surface area (Å²) in [5.41, 5.74) is 30.8. The van der Waals surface area contributed by atoms with Crippen molar-refractivity contribution >= 4 is 214 Å². The molecule has 722 valence electrons. The summed E-state index contributed by atoms with van der Waals surface area (Å²) in [6.45, 7) is 15.7. The first-order valence-corrected chi connectivity index (χ1v) is 50.3. The SMILES string of the molecule is CN(C)c1ccc2c(c1)Oc1cc(N(C)C)ccc1B2c1ncnc(B2c3ccc(N(C)C)cc3Oc3cc(N(C)C)ccc32)n1.[C-]#[N+]c1cc(B2c3ccc(N(C)C)cc3Oc3cc(N(C)C)ccc32)c(C#N)cc1B1c2ccc(N(C)C)cc2Oc2cc(N(C)C)ccc21.c1nc(B2c3ccc(N4CCC4)cc3Oc3cc(N4CCC4)ccc32)nc(B2c3ccc(N4CCC4)cc3Oc3cc(N4CCC4)ccc32)n1. The summed E-state index contributed by atoms with van der Waals surface area (Å²) in [4.78, 5) is 60.4. The first kappa shape index (κ1) is 93.3. The summed E-state index contributed by atoms with van der Waals surface area (Å²) in [7, 11) is 32.3. The number of benzene rings is 13. The molecule has 0 spiro atoms. The molecule has 2 aromatic heterocycles. The third kappa shape index (κ3) is 16.9. The van der Waals surface area contributed by atoms with Crippen LogP contribution in [0.3, 0.4) is 0 Å². The van der Waals surface area contributed by atoms with E-state index < -0.39 is 0 Å². The molecule has 12 heterocycles. The van der Waals surface area contributed by atoms with Gasteiger partial charge < -0.3 is 87.2 Å². The van der Waals surface area contributed by atoms with Crippen LogP contribution in [0.25, 0.3) is 4.85 Å². The summed E-state index contributed by atoms with van der Waals surface area (Å²) in [6, 6.07) is 83.2. The molecule has 0 atom stereocenters. The molecule has 0 amide bonds. The average molecular weight is 1920 g/mol. The smallest absolute Gasteiger partial charge is 0.298 e. The fourth-order valence-electron chi connectivity index (χ4n) is 21.5. The van der Waals surface area contributed by atoms with Crippen LogP contribution in [0.2, 0.25) is 0 Å². The van der Waals surface area contributed by atoms with Crippen LogP contribution in [-0.4, -0.2) is 235 Å². The lowest BCUT2D eigenvalue weighted by molar-refractivity contribution is 0.485. The van der Waals surface area contributed by atoms with Crippen LogP contribution < -0.4 is 187 Å². The van der Waals surface area contributed by atoms with Crippen molar-refractivity contribution < 1.29 is 28.4 Å². The molecule has 4 fully saturated rings. The Morgan fingerprint density at radius 3 is 0.623 bits per heavy atom. The lowest BCUT2D eigenvalue weighted by Gasteiger charge is -2.36. The third-order valence-corrected chi connectivity index (χ3v) is 30.3. The van der Waals surface area contributed by atoms with Gasteiger partial charge >= 0.3 is 0 Å². The number of aromatic nitrogens is 6. The maximum Gasteiger partial charge on any atom is 0.298 e. The van der Waals surface area contributed by atoms with Crippen LogP contribution in [0.5, 0.6) is 69.0 Å². The largest absolute Gasteiger partial charge is 0.458 e. The van der Waals surface area contributed by atoms with E-state index in [4.69, 9.17) is 64.9 Å². The Balaban J connectivity index is 0.000000121. The maximum absolute atomic E-state index is 10.8. The minimum absolute atomic E-state index is 0.187. The molecule has 32 heteroatoms. The fourth-order valence-corrected chi connectivity index (χ4v) is 21.5. The Labute approximate surface area is 856 Å². The summed E-state index contributed by atoms with van der Waals surface area (Å²) >= 11 is 0. The van der Waals surface area contributed by atoms with Crippen LogP contribution in [-0.2, 0) is 0 Å². The average Bonchev–Trinajstić information content (AvgIpc) is 0.734. The van der Waals surface area contributed by atoms with Gasteiger partial charge in [0.05, 0.1) is 12.6 Å². The van der Waals surface area contributed by atoms with Gasteiger partial charge in [-0.05, 0) is 164 Å². The molecule has 0 unspecified atom stereocenters. The van der Waals surface area contributed by atoms with E-state index in [1.165, 1.54) is 48.4 Å². The number of hydrogen-bond acceptors (Lipinski definition) is 25. The van der Waals surface area contributed by atoms with E-state index >= 15 is 0 Å². The normalized spacial score (nSPS) is 14.4. The molecule has 25 rings (SSSR count). The second kappa shape index (κ2) is 37.7. The van der Waals surface area contributed by atoms with Gasteiger partial charge in [-0.15, -0.1) is 0 Å². The lowest BCUT2D eigenvalue weighted by Crippen LogP contribution is -2.62. The van der Waals surface area contributed by atoms with Gasteiger partial charge in [0.15, 0.2) is 5.69 Å². The van der Waals surface area contributed by atoms with Crippen molar-refractivity contribution in [2.45, 2.75) is 25.7 Å². The molecule has 10 aliphatic rings. The highest BCUT2D eigenvalue weighted by molar-refractivity contribution is 7.01. The highest BCUT2D eigenvalue weighted by atomic mass is 16.5. The maximum atomic E-state index is 10.8. The van der Waals surface area contributed by atoms with E-state index in [0.29, 0.717) is 22.7 Å². The Kier molecular flexibility index (Phi) is 24.1. The third-order valence-electron chi connectivity index (χ3n) is 30.3. The second-order valence-corrected chi connectivity index (χ2v) is 41.0. The van der Waals surface area contributed by atoms with Crippen molar-refractivity contribution in [3.8, 4) is 75.1 Å². The summed E-state index contributed by atoms with van der Waals surface area (Å²) in [5.74, 6) is 9.69. The monoisotopic (exact) mass is 1920 g/mol. The standard InChI is InChI=1S/C40H38B2N6O2.C39H37B2N7O2.C35H37B2N7O2/c1-44-36-23-34(41-30-14-10-26(45(2)3)19-37(30)49-38-20-27(46(4)5)11-15-31(38)41)25(24-43)18-35(36)42-32-16-12-28(47(6)7)21-39(32)50-40-22-29(48(8)9)13-17-33(40)42;1-13-45(14-1)26-5-9-30-34(21-26)49-35-22-27(46-15-2-16-46)6-10-31(35)40(30)38-42-25-43-39(44-38)41-32-11-7-28(47-17-3-18-47)23-36(32)50-37-24-29(8-12-33(37)41)48-19-4-20-48;1-41(2)22-9-13-26-30(17-22)45-31-18-23(42(3)4)10-14-27(31)36(26)34-38-21-39-35(40-34)37-28-15-11-24(43(5)6)19-32(28)46-33-20-25(44(7)8)12-16-29(33)37/h10-23H,2-9H3;5-12,21-25H,1-4,13-20H2;9-21H,1-8H3. The van der Waals surface area contributed by atoms with E-state index in [-0.39, 0.29) is 40.3 Å². The molecule has 26 nitrogen and oxygen atoms in total. The van der Waals surface area contributed by atoms with Gasteiger partial charge in [-0.3, -0.25) is 0 Å². The molecular formula is C114H112B6N20O6. The Morgan fingerprint density at radius 1 is 0.247 bits per heavy atom. The van der Waals surface area contributed by atoms with Crippen molar-refractivity contribution in [3.63, 3.8) is 0 Å². The molecule has 13 aromatic carbocycles.